The molecule has 0 unspecified atom stereocenters. The number of carbonyl (C=O) groups is 2. The Morgan fingerprint density at radius 2 is 1.64 bits per heavy atom. The summed E-state index contributed by atoms with van der Waals surface area (Å²) in [6, 6.07) is 16.5. The van der Waals surface area contributed by atoms with Gasteiger partial charge in [0.2, 0.25) is 0 Å². The Kier molecular flexibility index (Phi) is 8.73. The molecule has 0 amide bonds. The number of hydrogen-bond acceptors (Lipinski definition) is 7. The topological polar surface area (TPSA) is 82.9 Å². The Bertz CT molecular complexity index is 1170. The maximum atomic E-state index is 12.8. The van der Waals surface area contributed by atoms with Gasteiger partial charge in [0.05, 0.1) is 26.5 Å². The summed E-state index contributed by atoms with van der Waals surface area (Å²) in [5, 5.41) is 4.65. The maximum absolute atomic E-state index is 12.8. The van der Waals surface area contributed by atoms with Crippen molar-refractivity contribution in [1.82, 2.24) is 14.7 Å². The van der Waals surface area contributed by atoms with Crippen molar-refractivity contribution in [3.63, 3.8) is 0 Å². The van der Waals surface area contributed by atoms with Crippen LogP contribution in [0.15, 0.2) is 54.6 Å². The van der Waals surface area contributed by atoms with Gasteiger partial charge in [0.1, 0.15) is 17.0 Å². The molecular formula is C28H33N3O5. The molecule has 8 heteroatoms. The van der Waals surface area contributed by atoms with Crippen molar-refractivity contribution in [2.45, 2.75) is 32.1 Å². The molecule has 0 aliphatic carbocycles. The number of piperidine rings is 1. The SMILES string of the molecule is COC(=O)c1c(-c2cccc(OCCCCN3CCCCC3)c2)nn(-c2ccccc2)c1C(=O)OC. The number of rotatable bonds is 10. The standard InChI is InChI=1S/C28H33N3O5/c1-34-27(32)24-25(29-31(26(24)28(33)35-2)22-13-5-3-6-14-22)21-12-11-15-23(20-21)36-19-10-9-18-30-16-7-4-8-17-30/h3,5-6,11-15,20H,4,7-10,16-19H2,1-2H3. The van der Waals surface area contributed by atoms with E-state index in [1.807, 2.05) is 42.5 Å². The van der Waals surface area contributed by atoms with E-state index in [0.717, 1.165) is 19.4 Å². The molecule has 1 aromatic heterocycles. The number of likely N-dealkylation sites (tertiary alicyclic amines) is 1. The number of unbranched alkanes of at least 4 members (excludes halogenated alkanes) is 1. The predicted molar refractivity (Wildman–Crippen MR) is 137 cm³/mol. The second kappa shape index (κ2) is 12.4. The van der Waals surface area contributed by atoms with Gasteiger partial charge >= 0.3 is 11.9 Å². The van der Waals surface area contributed by atoms with Gasteiger partial charge in [-0.3, -0.25) is 0 Å². The Balaban J connectivity index is 1.57. The van der Waals surface area contributed by atoms with Crippen molar-refractivity contribution in [2.24, 2.45) is 0 Å². The van der Waals surface area contributed by atoms with Gasteiger partial charge in [0.15, 0.2) is 5.69 Å². The highest BCUT2D eigenvalue weighted by atomic mass is 16.5. The van der Waals surface area contributed by atoms with Crippen LogP contribution in [0.5, 0.6) is 5.75 Å². The minimum atomic E-state index is -0.681. The van der Waals surface area contributed by atoms with Crippen molar-refractivity contribution in [1.29, 1.82) is 0 Å². The number of nitrogens with zero attached hydrogens (tertiary/aromatic N) is 3. The molecule has 0 bridgehead atoms. The lowest BCUT2D eigenvalue weighted by Crippen LogP contribution is -2.30. The first-order chi connectivity index (χ1) is 17.6. The molecule has 1 aliphatic heterocycles. The summed E-state index contributed by atoms with van der Waals surface area (Å²) in [5.74, 6) is -0.675. The van der Waals surface area contributed by atoms with E-state index in [4.69, 9.17) is 14.2 Å². The lowest BCUT2D eigenvalue weighted by molar-refractivity contribution is 0.0549. The third-order valence-corrected chi connectivity index (χ3v) is 6.35. The van der Waals surface area contributed by atoms with E-state index in [2.05, 4.69) is 10.00 Å². The molecule has 36 heavy (non-hydrogen) atoms. The molecule has 0 spiro atoms. The first kappa shape index (κ1) is 25.4. The summed E-state index contributed by atoms with van der Waals surface area (Å²) in [4.78, 5) is 28.1. The Morgan fingerprint density at radius 3 is 2.36 bits per heavy atom. The fourth-order valence-corrected chi connectivity index (χ4v) is 4.50. The average Bonchev–Trinajstić information content (AvgIpc) is 3.34. The number of aromatic nitrogens is 2. The van der Waals surface area contributed by atoms with E-state index in [-0.39, 0.29) is 11.3 Å². The zero-order chi connectivity index (χ0) is 25.3. The molecule has 1 saturated heterocycles. The Morgan fingerprint density at radius 1 is 0.889 bits per heavy atom. The number of benzene rings is 2. The van der Waals surface area contributed by atoms with Crippen LogP contribution in [-0.4, -0.2) is 67.1 Å². The summed E-state index contributed by atoms with van der Waals surface area (Å²) in [6.07, 6.45) is 6.00. The van der Waals surface area contributed by atoms with E-state index in [0.29, 0.717) is 29.3 Å². The van der Waals surface area contributed by atoms with Gasteiger partial charge in [0.25, 0.3) is 0 Å². The van der Waals surface area contributed by atoms with E-state index in [1.54, 1.807) is 12.1 Å². The van der Waals surface area contributed by atoms with Crippen LogP contribution in [0.4, 0.5) is 0 Å². The zero-order valence-electron chi connectivity index (χ0n) is 20.9. The van der Waals surface area contributed by atoms with Gasteiger partial charge < -0.3 is 19.1 Å². The molecule has 3 aromatic rings. The van der Waals surface area contributed by atoms with Gasteiger partial charge in [-0.2, -0.15) is 5.10 Å². The molecule has 0 N–H and O–H groups in total. The van der Waals surface area contributed by atoms with E-state index in [9.17, 15) is 9.59 Å². The lowest BCUT2D eigenvalue weighted by Gasteiger charge is -2.26. The van der Waals surface area contributed by atoms with Gasteiger partial charge in [-0.1, -0.05) is 36.8 Å². The number of methoxy groups -OCH3 is 2. The average molecular weight is 492 g/mol. The highest BCUT2D eigenvalue weighted by molar-refractivity contribution is 6.06. The third-order valence-electron chi connectivity index (χ3n) is 6.35. The molecule has 1 aliphatic rings. The number of hydrogen-bond donors (Lipinski definition) is 0. The van der Waals surface area contributed by atoms with Crippen LogP contribution in [0.1, 0.15) is 53.0 Å². The highest BCUT2D eigenvalue weighted by Gasteiger charge is 2.31. The smallest absolute Gasteiger partial charge is 0.357 e. The largest absolute Gasteiger partial charge is 0.494 e. The highest BCUT2D eigenvalue weighted by Crippen LogP contribution is 2.31. The van der Waals surface area contributed by atoms with Crippen LogP contribution in [0.3, 0.4) is 0 Å². The molecular weight excluding hydrogens is 458 g/mol. The van der Waals surface area contributed by atoms with Gasteiger partial charge in [-0.15, -0.1) is 0 Å². The first-order valence-electron chi connectivity index (χ1n) is 12.4. The molecule has 0 saturated carbocycles. The quantitative estimate of drug-likeness (QED) is 0.299. The van der Waals surface area contributed by atoms with Crippen LogP contribution in [0.25, 0.3) is 16.9 Å². The summed E-state index contributed by atoms with van der Waals surface area (Å²) in [5.41, 5.74) is 1.64. The monoisotopic (exact) mass is 491 g/mol. The van der Waals surface area contributed by atoms with Crippen LogP contribution < -0.4 is 4.74 Å². The molecule has 8 nitrogen and oxygen atoms in total. The summed E-state index contributed by atoms with van der Waals surface area (Å²) < 4.78 is 17.4. The van der Waals surface area contributed by atoms with Crippen molar-refractivity contribution >= 4 is 11.9 Å². The van der Waals surface area contributed by atoms with Gasteiger partial charge in [-0.25, -0.2) is 14.3 Å². The minimum absolute atomic E-state index is 0.00887. The van der Waals surface area contributed by atoms with E-state index >= 15 is 0 Å². The fourth-order valence-electron chi connectivity index (χ4n) is 4.50. The van der Waals surface area contributed by atoms with Crippen molar-refractivity contribution in [3.8, 4) is 22.7 Å². The van der Waals surface area contributed by atoms with Crippen LogP contribution in [0, 0.1) is 0 Å². The number of esters is 2. The molecule has 0 radical (unpaired) electrons. The van der Waals surface area contributed by atoms with E-state index in [1.165, 1.54) is 51.3 Å². The van der Waals surface area contributed by atoms with Gasteiger partial charge in [-0.05, 0) is 69.6 Å². The summed E-state index contributed by atoms with van der Waals surface area (Å²) in [7, 11) is 2.54. The second-order valence-electron chi connectivity index (χ2n) is 8.79. The van der Waals surface area contributed by atoms with Crippen LogP contribution in [-0.2, 0) is 9.47 Å². The summed E-state index contributed by atoms with van der Waals surface area (Å²) >= 11 is 0. The first-order valence-corrected chi connectivity index (χ1v) is 12.4. The zero-order valence-corrected chi connectivity index (χ0v) is 20.9. The molecule has 4 rings (SSSR count). The normalized spacial score (nSPS) is 13.8. The van der Waals surface area contributed by atoms with Crippen LogP contribution in [0.2, 0.25) is 0 Å². The Labute approximate surface area is 211 Å². The summed E-state index contributed by atoms with van der Waals surface area (Å²) in [6.45, 7) is 4.12. The molecule has 0 atom stereocenters. The van der Waals surface area contributed by atoms with Crippen molar-refractivity contribution in [2.75, 3.05) is 40.5 Å². The number of para-hydroxylation sites is 1. The van der Waals surface area contributed by atoms with Gasteiger partial charge in [0, 0.05) is 5.56 Å². The number of ether oxygens (including phenoxy) is 3. The minimum Gasteiger partial charge on any atom is -0.494 e. The van der Waals surface area contributed by atoms with Crippen molar-refractivity contribution in [3.05, 3.63) is 65.9 Å². The lowest BCUT2D eigenvalue weighted by atomic mass is 10.1. The van der Waals surface area contributed by atoms with E-state index < -0.39 is 11.9 Å². The predicted octanol–water partition coefficient (Wildman–Crippen LogP) is 4.76. The number of carbonyl (C=O) groups excluding carboxylic acids is 2. The van der Waals surface area contributed by atoms with Crippen LogP contribution >= 0.6 is 0 Å². The third kappa shape index (κ3) is 5.94. The fraction of sp³-hybridized carbons (Fsp3) is 0.393. The Hall–Kier alpha value is -3.65. The molecule has 2 heterocycles. The second-order valence-corrected chi connectivity index (χ2v) is 8.79. The molecule has 2 aromatic carbocycles. The molecule has 1 fully saturated rings. The van der Waals surface area contributed by atoms with Crippen molar-refractivity contribution < 1.29 is 23.8 Å². The molecule has 190 valence electrons. The maximum Gasteiger partial charge on any atom is 0.357 e.